The number of hydrogen-bond donors (Lipinski definition) is 0. The topological polar surface area (TPSA) is 96.0 Å². The highest BCUT2D eigenvalue weighted by Gasteiger charge is 2.67. The summed E-state index contributed by atoms with van der Waals surface area (Å²) in [5.74, 6) is -2.05. The maximum Gasteiger partial charge on any atom is 0.178 e. The number of rotatable bonds is 3. The van der Waals surface area contributed by atoms with Crippen molar-refractivity contribution in [2.75, 3.05) is 20.5 Å². The molecule has 9 heteroatoms. The van der Waals surface area contributed by atoms with Gasteiger partial charge in [0.2, 0.25) is 0 Å². The molecule has 5 unspecified atom stereocenters. The number of Topliss-reactive ketones (excluding diaryl/α,β-unsaturated/α-hetero) is 1. The molecular weight excluding hydrogens is 384 g/mol. The van der Waals surface area contributed by atoms with Crippen LogP contribution in [-0.2, 0) is 33.6 Å². The number of carbonyl (C=O) groups excluding carboxylic acids is 2. The SMILES string of the molecule is COC1CC(OC)C2C(=O)[C@@]3(OC2C1Cl)C(S(C)(=O)=O)=CC(=O)C[C@H]3C. The summed E-state index contributed by atoms with van der Waals surface area (Å²) in [7, 11) is -0.835. The van der Waals surface area contributed by atoms with Gasteiger partial charge in [-0.05, 0) is 6.08 Å². The molecule has 0 aromatic rings. The third-order valence-corrected chi connectivity index (χ3v) is 7.49. The van der Waals surface area contributed by atoms with E-state index in [1.165, 1.54) is 14.2 Å². The third-order valence-electron chi connectivity index (χ3n) is 5.74. The summed E-state index contributed by atoms with van der Waals surface area (Å²) in [5.41, 5.74) is -1.70. The smallest absolute Gasteiger partial charge is 0.178 e. The Kier molecular flexibility index (Phi) is 5.12. The fraction of sp³-hybridized carbons (Fsp3) is 0.765. The van der Waals surface area contributed by atoms with E-state index in [0.717, 1.165) is 12.3 Å². The summed E-state index contributed by atoms with van der Waals surface area (Å²) in [6.45, 7) is 1.66. The molecule has 1 aliphatic heterocycles. The van der Waals surface area contributed by atoms with Gasteiger partial charge in [0, 0.05) is 39.2 Å². The van der Waals surface area contributed by atoms with Gasteiger partial charge in [0.15, 0.2) is 27.0 Å². The Morgan fingerprint density at radius 1 is 1.23 bits per heavy atom. The standard InChI is InChI=1S/C17H23ClO7S/c1-8-5-9(19)6-12(26(4,21)22)17(8)16(20)13-10(23-2)7-11(24-3)14(18)15(13)25-17/h6,8,10-11,13-15H,5,7H2,1-4H3/t8-,10?,11?,13?,14?,15?,17+/m1/s1. The first-order valence-corrected chi connectivity index (χ1v) is 10.8. The van der Waals surface area contributed by atoms with Crippen LogP contribution in [0.5, 0.6) is 0 Å². The van der Waals surface area contributed by atoms with Gasteiger partial charge >= 0.3 is 0 Å². The second kappa shape index (κ2) is 6.67. The number of methoxy groups -OCH3 is 2. The zero-order valence-corrected chi connectivity index (χ0v) is 16.7. The molecule has 146 valence electrons. The molecular formula is C17H23ClO7S. The molecule has 0 bridgehead atoms. The average molecular weight is 407 g/mol. The summed E-state index contributed by atoms with van der Waals surface area (Å²) >= 11 is 6.52. The lowest BCUT2D eigenvalue weighted by atomic mass is 9.72. The molecule has 0 amide bonds. The predicted molar refractivity (Wildman–Crippen MR) is 93.7 cm³/mol. The predicted octanol–water partition coefficient (Wildman–Crippen LogP) is 0.888. The Hall–Kier alpha value is -0.800. The molecule has 7 nitrogen and oxygen atoms in total. The van der Waals surface area contributed by atoms with Crippen molar-refractivity contribution in [2.24, 2.45) is 11.8 Å². The number of ketones is 2. The zero-order chi connectivity index (χ0) is 19.4. The van der Waals surface area contributed by atoms with Gasteiger partial charge in [0.1, 0.15) is 0 Å². The lowest BCUT2D eigenvalue weighted by Gasteiger charge is -2.39. The van der Waals surface area contributed by atoms with E-state index in [-0.39, 0.29) is 22.9 Å². The van der Waals surface area contributed by atoms with Crippen LogP contribution in [0.1, 0.15) is 19.8 Å². The van der Waals surface area contributed by atoms with Crippen LogP contribution in [0.15, 0.2) is 11.0 Å². The molecule has 1 saturated carbocycles. The van der Waals surface area contributed by atoms with Crippen LogP contribution >= 0.6 is 11.6 Å². The van der Waals surface area contributed by atoms with Crippen LogP contribution in [0.3, 0.4) is 0 Å². The van der Waals surface area contributed by atoms with E-state index in [9.17, 15) is 18.0 Å². The van der Waals surface area contributed by atoms with E-state index in [4.69, 9.17) is 25.8 Å². The minimum atomic E-state index is -3.84. The number of alkyl halides is 1. The first-order chi connectivity index (χ1) is 12.1. The maximum atomic E-state index is 13.5. The number of allylic oxidation sites excluding steroid dienone is 1. The lowest BCUT2D eigenvalue weighted by Crippen LogP contribution is -2.52. The molecule has 7 atom stereocenters. The van der Waals surface area contributed by atoms with Crippen LogP contribution in [0.4, 0.5) is 0 Å². The largest absolute Gasteiger partial charge is 0.380 e. The number of carbonyl (C=O) groups is 2. The van der Waals surface area contributed by atoms with E-state index in [1.54, 1.807) is 6.92 Å². The second-order valence-corrected chi connectivity index (χ2v) is 9.78. The van der Waals surface area contributed by atoms with Crippen molar-refractivity contribution in [3.8, 4) is 0 Å². The van der Waals surface area contributed by atoms with Crippen LogP contribution in [0.2, 0.25) is 0 Å². The van der Waals surface area contributed by atoms with Crippen LogP contribution in [0, 0.1) is 11.8 Å². The molecule has 0 N–H and O–H groups in total. The highest BCUT2D eigenvalue weighted by Crippen LogP contribution is 2.52. The number of ether oxygens (including phenoxy) is 3. The highest BCUT2D eigenvalue weighted by molar-refractivity contribution is 7.94. The van der Waals surface area contributed by atoms with Crippen LogP contribution in [-0.4, -0.2) is 69.7 Å². The van der Waals surface area contributed by atoms with Crippen molar-refractivity contribution in [3.05, 3.63) is 11.0 Å². The molecule has 1 spiro atoms. The van der Waals surface area contributed by atoms with Gasteiger partial charge in [0.25, 0.3) is 0 Å². The number of sulfone groups is 1. The molecule has 1 saturated heterocycles. The molecule has 0 aromatic carbocycles. The Morgan fingerprint density at radius 3 is 2.38 bits per heavy atom. The number of hydrogen-bond acceptors (Lipinski definition) is 7. The van der Waals surface area contributed by atoms with Gasteiger partial charge < -0.3 is 14.2 Å². The van der Waals surface area contributed by atoms with Crippen molar-refractivity contribution in [3.63, 3.8) is 0 Å². The van der Waals surface area contributed by atoms with Gasteiger partial charge in [-0.2, -0.15) is 0 Å². The number of fused-ring (bicyclic) bond motifs is 1. The van der Waals surface area contributed by atoms with Gasteiger partial charge in [-0.3, -0.25) is 9.59 Å². The second-order valence-electron chi connectivity index (χ2n) is 7.29. The number of halogens is 1. The minimum absolute atomic E-state index is 0.0303. The van der Waals surface area contributed by atoms with Crippen molar-refractivity contribution >= 4 is 33.0 Å². The fourth-order valence-electron chi connectivity index (χ4n) is 4.49. The molecule has 0 radical (unpaired) electrons. The summed E-state index contributed by atoms with van der Waals surface area (Å²) in [4.78, 5) is 25.2. The van der Waals surface area contributed by atoms with Crippen molar-refractivity contribution in [1.29, 1.82) is 0 Å². The Morgan fingerprint density at radius 2 is 1.85 bits per heavy atom. The molecule has 1 heterocycles. The molecule has 0 aromatic heterocycles. The van der Waals surface area contributed by atoms with E-state index in [2.05, 4.69) is 0 Å². The summed E-state index contributed by atoms with van der Waals surface area (Å²) in [6, 6.07) is 0. The third kappa shape index (κ3) is 2.77. The molecule has 2 fully saturated rings. The minimum Gasteiger partial charge on any atom is -0.380 e. The maximum absolute atomic E-state index is 13.5. The van der Waals surface area contributed by atoms with Gasteiger partial charge in [0.05, 0.1) is 34.5 Å². The van der Waals surface area contributed by atoms with E-state index in [0.29, 0.717) is 6.42 Å². The molecule has 26 heavy (non-hydrogen) atoms. The Balaban J connectivity index is 2.15. The summed E-state index contributed by atoms with van der Waals surface area (Å²) < 4.78 is 41.8. The van der Waals surface area contributed by atoms with E-state index < -0.39 is 51.0 Å². The first-order valence-electron chi connectivity index (χ1n) is 8.44. The first kappa shape index (κ1) is 19.9. The van der Waals surface area contributed by atoms with Crippen LogP contribution < -0.4 is 0 Å². The Labute approximate surface area is 157 Å². The normalized spacial score (nSPS) is 43.5. The van der Waals surface area contributed by atoms with Crippen molar-refractivity contribution < 1.29 is 32.2 Å². The summed E-state index contributed by atoms with van der Waals surface area (Å²) in [6.07, 6.45) is 0.794. The molecule has 3 rings (SSSR count). The van der Waals surface area contributed by atoms with Gasteiger partial charge in [-0.1, -0.05) is 6.92 Å². The molecule has 3 aliphatic rings. The monoisotopic (exact) mass is 406 g/mol. The van der Waals surface area contributed by atoms with E-state index >= 15 is 0 Å². The highest BCUT2D eigenvalue weighted by atomic mass is 35.5. The van der Waals surface area contributed by atoms with Crippen LogP contribution in [0.25, 0.3) is 0 Å². The zero-order valence-electron chi connectivity index (χ0n) is 15.1. The average Bonchev–Trinajstić information content (AvgIpc) is 2.86. The van der Waals surface area contributed by atoms with Gasteiger partial charge in [-0.25, -0.2) is 8.42 Å². The van der Waals surface area contributed by atoms with E-state index in [1.807, 2.05) is 0 Å². The van der Waals surface area contributed by atoms with Crippen molar-refractivity contribution in [1.82, 2.24) is 0 Å². The quantitative estimate of drug-likeness (QED) is 0.642. The van der Waals surface area contributed by atoms with Crippen molar-refractivity contribution in [2.45, 2.75) is 49.1 Å². The fourth-order valence-corrected chi connectivity index (χ4v) is 6.15. The summed E-state index contributed by atoms with van der Waals surface area (Å²) in [5, 5.41) is -0.634. The lowest BCUT2D eigenvalue weighted by molar-refractivity contribution is -0.137. The Bertz CT molecular complexity index is 761. The van der Waals surface area contributed by atoms with Gasteiger partial charge in [-0.15, -0.1) is 11.6 Å². The molecule has 2 aliphatic carbocycles.